The lowest BCUT2D eigenvalue weighted by molar-refractivity contribution is 0.588. The molecule has 1 N–H and O–H groups in total. The average Bonchev–Trinajstić information content (AvgIpc) is 2.33. The molecule has 0 fully saturated rings. The van der Waals surface area contributed by atoms with Crippen LogP contribution in [0, 0.1) is 0 Å². The Morgan fingerprint density at radius 2 is 1.59 bits per heavy atom. The van der Waals surface area contributed by atoms with E-state index in [0.717, 1.165) is 13.1 Å². The minimum atomic E-state index is 1.09. The number of hydrogen-bond donors (Lipinski definition) is 1. The number of hydrogen-bond acceptors (Lipinski definition) is 1. The van der Waals surface area contributed by atoms with Gasteiger partial charge in [0.2, 0.25) is 0 Å². The van der Waals surface area contributed by atoms with Crippen LogP contribution < -0.4 is 5.32 Å². The van der Waals surface area contributed by atoms with Crippen LogP contribution in [0.5, 0.6) is 0 Å². The zero-order chi connectivity index (χ0) is 12.8. The first-order valence-electron chi connectivity index (χ1n) is 7.67. The molecule has 0 rings (SSSR count). The van der Waals surface area contributed by atoms with Crippen LogP contribution in [0.2, 0.25) is 0 Å². The molecule has 0 spiro atoms. The molecule has 17 heavy (non-hydrogen) atoms. The fourth-order valence-electron chi connectivity index (χ4n) is 2.06. The molecule has 0 heterocycles. The summed E-state index contributed by atoms with van der Waals surface area (Å²) in [4.78, 5) is 0. The first-order valence-corrected chi connectivity index (χ1v) is 7.67. The van der Waals surface area contributed by atoms with E-state index in [1.807, 2.05) is 0 Å². The number of unbranched alkanes of at least 4 members (excludes halogenated alkanes) is 6. The van der Waals surface area contributed by atoms with Crippen molar-refractivity contribution in [2.24, 2.45) is 0 Å². The highest BCUT2D eigenvalue weighted by molar-refractivity contribution is 4.97. The van der Waals surface area contributed by atoms with Gasteiger partial charge in [-0.2, -0.15) is 0 Å². The fraction of sp³-hybridized carbons (Fsp3) is 0.875. The lowest BCUT2D eigenvalue weighted by atomic mass is 10.0. The number of allylic oxidation sites excluding steroid dienone is 1. The smallest absolute Gasteiger partial charge is 0.00143 e. The second-order valence-electron chi connectivity index (χ2n) is 5.06. The van der Waals surface area contributed by atoms with Crippen molar-refractivity contribution < 1.29 is 0 Å². The summed E-state index contributed by atoms with van der Waals surface area (Å²) in [5, 5.41) is 3.35. The Bertz CT molecular complexity index is 172. The molecule has 0 saturated heterocycles. The van der Waals surface area contributed by atoms with E-state index in [1.54, 1.807) is 5.57 Å². The van der Waals surface area contributed by atoms with Gasteiger partial charge in [0.1, 0.15) is 0 Å². The van der Waals surface area contributed by atoms with Crippen molar-refractivity contribution in [3.05, 3.63) is 11.6 Å². The van der Waals surface area contributed by atoms with Crippen molar-refractivity contribution in [3.63, 3.8) is 0 Å². The van der Waals surface area contributed by atoms with Crippen LogP contribution in [0.4, 0.5) is 0 Å². The van der Waals surface area contributed by atoms with Gasteiger partial charge in [0.15, 0.2) is 0 Å². The van der Waals surface area contributed by atoms with E-state index < -0.39 is 0 Å². The third kappa shape index (κ3) is 13.6. The van der Waals surface area contributed by atoms with E-state index in [9.17, 15) is 0 Å². The van der Waals surface area contributed by atoms with Crippen molar-refractivity contribution in [1.29, 1.82) is 0 Å². The SMILES string of the molecule is CCCCCCCCCC(C)=CCCNCC. The van der Waals surface area contributed by atoms with E-state index in [2.05, 4.69) is 32.2 Å². The summed E-state index contributed by atoms with van der Waals surface area (Å²) in [6.07, 6.45) is 14.8. The van der Waals surface area contributed by atoms with E-state index in [4.69, 9.17) is 0 Å². The highest BCUT2D eigenvalue weighted by Gasteiger charge is 1.93. The van der Waals surface area contributed by atoms with Crippen molar-refractivity contribution in [1.82, 2.24) is 5.32 Å². The topological polar surface area (TPSA) is 12.0 Å². The Kier molecular flexibility index (Phi) is 13.5. The summed E-state index contributed by atoms with van der Waals surface area (Å²) in [5.41, 5.74) is 1.58. The van der Waals surface area contributed by atoms with Gasteiger partial charge in [-0.3, -0.25) is 0 Å². The Labute approximate surface area is 109 Å². The summed E-state index contributed by atoms with van der Waals surface area (Å²) in [6, 6.07) is 0. The van der Waals surface area contributed by atoms with Gasteiger partial charge in [-0.05, 0) is 39.3 Å². The molecule has 1 heteroatoms. The van der Waals surface area contributed by atoms with Crippen LogP contribution in [0.1, 0.15) is 78.6 Å². The van der Waals surface area contributed by atoms with E-state index in [0.29, 0.717) is 0 Å². The van der Waals surface area contributed by atoms with Crippen molar-refractivity contribution in [2.45, 2.75) is 78.6 Å². The van der Waals surface area contributed by atoms with Crippen LogP contribution in [0.3, 0.4) is 0 Å². The van der Waals surface area contributed by atoms with Crippen molar-refractivity contribution in [3.8, 4) is 0 Å². The summed E-state index contributed by atoms with van der Waals surface area (Å²) >= 11 is 0. The highest BCUT2D eigenvalue weighted by atomic mass is 14.8. The molecule has 0 unspecified atom stereocenters. The molecule has 0 amide bonds. The Hall–Kier alpha value is -0.300. The largest absolute Gasteiger partial charge is 0.317 e. The van der Waals surface area contributed by atoms with Gasteiger partial charge in [-0.1, -0.05) is 64.0 Å². The van der Waals surface area contributed by atoms with Crippen LogP contribution in [0.15, 0.2) is 11.6 Å². The summed E-state index contributed by atoms with van der Waals surface area (Å²) in [6.45, 7) is 8.94. The van der Waals surface area contributed by atoms with Gasteiger partial charge in [-0.15, -0.1) is 0 Å². The average molecular weight is 239 g/mol. The molecule has 0 saturated carbocycles. The molecule has 1 nitrogen and oxygen atoms in total. The maximum atomic E-state index is 3.35. The van der Waals surface area contributed by atoms with Crippen LogP contribution in [-0.4, -0.2) is 13.1 Å². The Balaban J connectivity index is 3.23. The quantitative estimate of drug-likeness (QED) is 0.370. The minimum absolute atomic E-state index is 1.09. The standard InChI is InChI=1S/C16H33N/c1-4-6-7-8-9-10-11-13-16(3)14-12-15-17-5-2/h14,17H,4-13,15H2,1-3H3. The van der Waals surface area contributed by atoms with Gasteiger partial charge in [0.05, 0.1) is 0 Å². The molecule has 0 bridgehead atoms. The molecule has 0 aliphatic rings. The van der Waals surface area contributed by atoms with Crippen LogP contribution >= 0.6 is 0 Å². The third-order valence-corrected chi connectivity index (χ3v) is 3.24. The normalized spacial score (nSPS) is 12.1. The summed E-state index contributed by atoms with van der Waals surface area (Å²) < 4.78 is 0. The van der Waals surface area contributed by atoms with E-state index in [1.165, 1.54) is 57.8 Å². The van der Waals surface area contributed by atoms with Gasteiger partial charge >= 0.3 is 0 Å². The zero-order valence-corrected chi connectivity index (χ0v) is 12.4. The van der Waals surface area contributed by atoms with Gasteiger partial charge in [-0.25, -0.2) is 0 Å². The highest BCUT2D eigenvalue weighted by Crippen LogP contribution is 2.12. The Morgan fingerprint density at radius 1 is 0.941 bits per heavy atom. The third-order valence-electron chi connectivity index (χ3n) is 3.24. The van der Waals surface area contributed by atoms with Gasteiger partial charge in [0.25, 0.3) is 0 Å². The molecule has 0 radical (unpaired) electrons. The lowest BCUT2D eigenvalue weighted by Gasteiger charge is -2.03. The lowest BCUT2D eigenvalue weighted by Crippen LogP contribution is -2.13. The first kappa shape index (κ1) is 16.7. The molecule has 0 aromatic heterocycles. The second-order valence-corrected chi connectivity index (χ2v) is 5.06. The van der Waals surface area contributed by atoms with Crippen LogP contribution in [0.25, 0.3) is 0 Å². The van der Waals surface area contributed by atoms with Crippen molar-refractivity contribution >= 4 is 0 Å². The second kappa shape index (κ2) is 13.8. The zero-order valence-electron chi connectivity index (χ0n) is 12.4. The molecule has 0 atom stereocenters. The minimum Gasteiger partial charge on any atom is -0.317 e. The van der Waals surface area contributed by atoms with Gasteiger partial charge < -0.3 is 5.32 Å². The Morgan fingerprint density at radius 3 is 2.24 bits per heavy atom. The predicted molar refractivity (Wildman–Crippen MR) is 79.5 cm³/mol. The summed E-state index contributed by atoms with van der Waals surface area (Å²) in [7, 11) is 0. The maximum Gasteiger partial charge on any atom is -0.00143 e. The molecule has 0 aromatic rings. The fourth-order valence-corrected chi connectivity index (χ4v) is 2.06. The van der Waals surface area contributed by atoms with Gasteiger partial charge in [0, 0.05) is 0 Å². The summed E-state index contributed by atoms with van der Waals surface area (Å²) in [5.74, 6) is 0. The monoisotopic (exact) mass is 239 g/mol. The molecule has 0 aromatic carbocycles. The molecule has 0 aliphatic heterocycles. The predicted octanol–water partition coefficient (Wildman–Crippen LogP) is 5.07. The van der Waals surface area contributed by atoms with E-state index in [-0.39, 0.29) is 0 Å². The molecule has 102 valence electrons. The first-order chi connectivity index (χ1) is 8.31. The van der Waals surface area contributed by atoms with Crippen LogP contribution in [-0.2, 0) is 0 Å². The maximum absolute atomic E-state index is 3.35. The van der Waals surface area contributed by atoms with E-state index >= 15 is 0 Å². The molecular weight excluding hydrogens is 206 g/mol. The molecular formula is C16H33N. The number of nitrogens with one attached hydrogen (secondary N) is 1. The number of rotatable bonds is 12. The van der Waals surface area contributed by atoms with Crippen molar-refractivity contribution in [2.75, 3.05) is 13.1 Å². The molecule has 0 aliphatic carbocycles.